The molecule has 0 aromatic carbocycles. The Hall–Kier alpha value is -1.85. The van der Waals surface area contributed by atoms with Crippen LogP contribution in [0.15, 0.2) is 10.6 Å². The second-order valence-corrected chi connectivity index (χ2v) is 6.03. The van der Waals surface area contributed by atoms with Crippen LogP contribution >= 0.6 is 0 Å². The summed E-state index contributed by atoms with van der Waals surface area (Å²) in [6, 6.07) is 0. The van der Waals surface area contributed by atoms with E-state index in [1.54, 1.807) is 11.1 Å². The minimum Gasteiger partial charge on any atom is -0.444 e. The number of amides is 2. The van der Waals surface area contributed by atoms with Crippen molar-refractivity contribution in [3.63, 3.8) is 0 Å². The molecule has 1 aliphatic heterocycles. The third-order valence-corrected chi connectivity index (χ3v) is 4.39. The van der Waals surface area contributed by atoms with Gasteiger partial charge < -0.3 is 14.6 Å². The summed E-state index contributed by atoms with van der Waals surface area (Å²) in [5.74, 6) is 1.25. The summed E-state index contributed by atoms with van der Waals surface area (Å²) in [5, 5.41) is 2.98. The van der Waals surface area contributed by atoms with E-state index in [1.807, 2.05) is 6.92 Å². The molecule has 1 spiro atoms. The van der Waals surface area contributed by atoms with Gasteiger partial charge in [0.2, 0.25) is 17.7 Å². The molecule has 1 aromatic heterocycles. The highest BCUT2D eigenvalue weighted by Crippen LogP contribution is 2.32. The molecule has 21 heavy (non-hydrogen) atoms. The Morgan fingerprint density at radius 1 is 1.33 bits per heavy atom. The summed E-state index contributed by atoms with van der Waals surface area (Å²) >= 11 is 0. The molecule has 3 rings (SSSR count). The molecule has 2 amide bonds. The Morgan fingerprint density at radius 3 is 2.76 bits per heavy atom. The van der Waals surface area contributed by atoms with Crippen molar-refractivity contribution in [2.24, 2.45) is 0 Å². The molecular formula is C15H21N3O3. The predicted molar refractivity (Wildman–Crippen MR) is 75.2 cm³/mol. The Balaban J connectivity index is 1.82. The number of nitrogens with one attached hydrogen (secondary N) is 1. The van der Waals surface area contributed by atoms with Gasteiger partial charge in [-0.05, 0) is 19.8 Å². The standard InChI is InChI=1S/C15H21N3O3/c1-11-9-16-13(21-11)10-18-8-5-12(19)17-15(14(18)20)6-3-2-4-7-15/h9H,2-8,10H2,1H3,(H,17,19). The van der Waals surface area contributed by atoms with Crippen LogP contribution in [0.25, 0.3) is 0 Å². The van der Waals surface area contributed by atoms with Crippen LogP contribution in [0.2, 0.25) is 0 Å². The molecular weight excluding hydrogens is 270 g/mol. The number of hydrogen-bond acceptors (Lipinski definition) is 4. The van der Waals surface area contributed by atoms with Crippen molar-refractivity contribution >= 4 is 11.8 Å². The third-order valence-electron chi connectivity index (χ3n) is 4.39. The van der Waals surface area contributed by atoms with Crippen molar-refractivity contribution < 1.29 is 14.0 Å². The summed E-state index contributed by atoms with van der Waals surface area (Å²) in [6.45, 7) is 2.59. The molecule has 0 radical (unpaired) electrons. The quantitative estimate of drug-likeness (QED) is 0.896. The third kappa shape index (κ3) is 2.80. The molecule has 0 unspecified atom stereocenters. The fraction of sp³-hybridized carbons (Fsp3) is 0.667. The number of oxazole rings is 1. The van der Waals surface area contributed by atoms with E-state index in [0.29, 0.717) is 25.4 Å². The van der Waals surface area contributed by atoms with Crippen molar-refractivity contribution in [1.29, 1.82) is 0 Å². The first-order chi connectivity index (χ1) is 10.1. The lowest BCUT2D eigenvalue weighted by Crippen LogP contribution is -2.57. The molecule has 2 aliphatic rings. The molecule has 0 atom stereocenters. The van der Waals surface area contributed by atoms with Gasteiger partial charge in [0, 0.05) is 13.0 Å². The first-order valence-electron chi connectivity index (χ1n) is 7.61. The Labute approximate surface area is 123 Å². The van der Waals surface area contributed by atoms with E-state index in [4.69, 9.17) is 4.42 Å². The Bertz CT molecular complexity index is 546. The molecule has 114 valence electrons. The van der Waals surface area contributed by atoms with Crippen LogP contribution in [0.4, 0.5) is 0 Å². The van der Waals surface area contributed by atoms with E-state index in [0.717, 1.165) is 37.9 Å². The minimum absolute atomic E-state index is 0.0175. The zero-order chi connectivity index (χ0) is 14.9. The SMILES string of the molecule is Cc1cnc(CN2CCC(=O)NC3(CCCCC3)C2=O)o1. The van der Waals surface area contributed by atoms with E-state index in [9.17, 15) is 9.59 Å². The lowest BCUT2D eigenvalue weighted by atomic mass is 9.80. The number of carbonyl (C=O) groups excluding carboxylic acids is 2. The van der Waals surface area contributed by atoms with Gasteiger partial charge in [0.25, 0.3) is 0 Å². The smallest absolute Gasteiger partial charge is 0.248 e. The molecule has 1 saturated heterocycles. The number of aryl methyl sites for hydroxylation is 1. The second-order valence-electron chi connectivity index (χ2n) is 6.03. The van der Waals surface area contributed by atoms with Gasteiger partial charge in [-0.2, -0.15) is 0 Å². The number of rotatable bonds is 2. The highest BCUT2D eigenvalue weighted by molar-refractivity contribution is 5.93. The second kappa shape index (κ2) is 5.50. The van der Waals surface area contributed by atoms with Crippen LogP contribution in [0.1, 0.15) is 50.2 Å². The molecule has 1 aromatic rings. The van der Waals surface area contributed by atoms with Gasteiger partial charge in [-0.15, -0.1) is 0 Å². The Kier molecular flexibility index (Phi) is 3.69. The minimum atomic E-state index is -0.701. The van der Waals surface area contributed by atoms with Crippen molar-refractivity contribution in [2.45, 2.75) is 57.5 Å². The largest absolute Gasteiger partial charge is 0.444 e. The highest BCUT2D eigenvalue weighted by Gasteiger charge is 2.45. The molecule has 1 N–H and O–H groups in total. The van der Waals surface area contributed by atoms with E-state index in [-0.39, 0.29) is 11.8 Å². The van der Waals surface area contributed by atoms with Gasteiger partial charge >= 0.3 is 0 Å². The van der Waals surface area contributed by atoms with Gasteiger partial charge in [-0.1, -0.05) is 19.3 Å². The lowest BCUT2D eigenvalue weighted by Gasteiger charge is -2.37. The predicted octanol–water partition coefficient (Wildman–Crippen LogP) is 1.53. The number of aromatic nitrogens is 1. The van der Waals surface area contributed by atoms with Crippen molar-refractivity contribution in [1.82, 2.24) is 15.2 Å². The summed E-state index contributed by atoms with van der Waals surface area (Å²) in [4.78, 5) is 30.8. The van der Waals surface area contributed by atoms with Gasteiger partial charge in [-0.25, -0.2) is 4.98 Å². The fourth-order valence-electron chi connectivity index (χ4n) is 3.31. The highest BCUT2D eigenvalue weighted by atomic mass is 16.4. The monoisotopic (exact) mass is 291 g/mol. The number of hydrogen-bond donors (Lipinski definition) is 1. The molecule has 2 heterocycles. The normalized spacial score (nSPS) is 22.2. The summed E-state index contributed by atoms with van der Waals surface area (Å²) in [6.07, 6.45) is 6.56. The van der Waals surface area contributed by atoms with Crippen LogP contribution in [-0.4, -0.2) is 33.8 Å². The van der Waals surface area contributed by atoms with Crippen molar-refractivity contribution in [2.75, 3.05) is 6.54 Å². The molecule has 1 saturated carbocycles. The van der Waals surface area contributed by atoms with Crippen LogP contribution in [0.5, 0.6) is 0 Å². The van der Waals surface area contributed by atoms with Crippen LogP contribution in [-0.2, 0) is 16.1 Å². The summed E-state index contributed by atoms with van der Waals surface area (Å²) in [7, 11) is 0. The number of nitrogens with zero attached hydrogens (tertiary/aromatic N) is 2. The van der Waals surface area contributed by atoms with Gasteiger partial charge in [0.05, 0.1) is 12.7 Å². The van der Waals surface area contributed by atoms with Crippen LogP contribution in [0.3, 0.4) is 0 Å². The van der Waals surface area contributed by atoms with E-state index in [2.05, 4.69) is 10.3 Å². The summed E-state index contributed by atoms with van der Waals surface area (Å²) < 4.78 is 5.47. The Morgan fingerprint density at radius 2 is 2.10 bits per heavy atom. The average molecular weight is 291 g/mol. The molecule has 6 heteroatoms. The van der Waals surface area contributed by atoms with Crippen LogP contribution < -0.4 is 5.32 Å². The van der Waals surface area contributed by atoms with E-state index in [1.165, 1.54) is 0 Å². The zero-order valence-electron chi connectivity index (χ0n) is 12.4. The average Bonchev–Trinajstić information content (AvgIpc) is 2.84. The topological polar surface area (TPSA) is 75.4 Å². The van der Waals surface area contributed by atoms with Crippen molar-refractivity contribution in [3.05, 3.63) is 17.8 Å². The first kappa shape index (κ1) is 14.1. The maximum atomic E-state index is 12.9. The van der Waals surface area contributed by atoms with E-state index >= 15 is 0 Å². The fourth-order valence-corrected chi connectivity index (χ4v) is 3.31. The molecule has 6 nitrogen and oxygen atoms in total. The molecule has 2 fully saturated rings. The molecule has 1 aliphatic carbocycles. The maximum Gasteiger partial charge on any atom is 0.248 e. The van der Waals surface area contributed by atoms with Gasteiger partial charge in [-0.3, -0.25) is 9.59 Å². The van der Waals surface area contributed by atoms with Gasteiger partial charge in [0.15, 0.2) is 0 Å². The van der Waals surface area contributed by atoms with E-state index < -0.39 is 5.54 Å². The summed E-state index contributed by atoms with van der Waals surface area (Å²) in [5.41, 5.74) is -0.701. The zero-order valence-corrected chi connectivity index (χ0v) is 12.4. The lowest BCUT2D eigenvalue weighted by molar-refractivity contribution is -0.141. The van der Waals surface area contributed by atoms with Crippen molar-refractivity contribution in [3.8, 4) is 0 Å². The maximum absolute atomic E-state index is 12.9. The van der Waals surface area contributed by atoms with Crippen LogP contribution in [0, 0.1) is 6.92 Å². The molecule has 0 bridgehead atoms. The first-order valence-corrected chi connectivity index (χ1v) is 7.61. The van der Waals surface area contributed by atoms with Gasteiger partial charge in [0.1, 0.15) is 11.3 Å². The number of carbonyl (C=O) groups is 2.